The molecule has 118 valence electrons. The Balaban J connectivity index is 1.53. The minimum absolute atomic E-state index is 0.0306. The molecular formula is C17H17N3O2S. The molecule has 0 radical (unpaired) electrons. The molecule has 0 fully saturated rings. The number of fused-ring (bicyclic) bond motifs is 2. The number of anilines is 2. The maximum atomic E-state index is 12.4. The molecule has 2 N–H and O–H groups in total. The first-order chi connectivity index (χ1) is 11.2. The molecule has 2 amide bonds. The van der Waals surface area contributed by atoms with Crippen molar-refractivity contribution in [2.45, 2.75) is 38.5 Å². The summed E-state index contributed by atoms with van der Waals surface area (Å²) in [6, 6.07) is 5.40. The van der Waals surface area contributed by atoms with Gasteiger partial charge in [-0.2, -0.15) is 0 Å². The summed E-state index contributed by atoms with van der Waals surface area (Å²) in [7, 11) is 0. The molecule has 2 heterocycles. The smallest absolute Gasteiger partial charge is 0.257 e. The van der Waals surface area contributed by atoms with Crippen LogP contribution in [-0.4, -0.2) is 16.8 Å². The zero-order chi connectivity index (χ0) is 15.8. The summed E-state index contributed by atoms with van der Waals surface area (Å²) in [6.07, 6.45) is 5.62. The van der Waals surface area contributed by atoms with Crippen LogP contribution in [0.1, 0.15) is 45.8 Å². The molecule has 1 aliphatic carbocycles. The van der Waals surface area contributed by atoms with Gasteiger partial charge in [0.25, 0.3) is 5.91 Å². The summed E-state index contributed by atoms with van der Waals surface area (Å²) in [5.74, 6) is -0.112. The number of hydrogen-bond acceptors (Lipinski definition) is 4. The van der Waals surface area contributed by atoms with Gasteiger partial charge in [-0.25, -0.2) is 4.98 Å². The van der Waals surface area contributed by atoms with Crippen LogP contribution in [0, 0.1) is 0 Å². The SMILES string of the molecule is O=C1CCc2cc(C(=O)Nc3nc4c(s3)CCCC4)ccc2N1. The molecule has 23 heavy (non-hydrogen) atoms. The summed E-state index contributed by atoms with van der Waals surface area (Å²) >= 11 is 1.59. The van der Waals surface area contributed by atoms with Gasteiger partial charge in [-0.15, -0.1) is 11.3 Å². The fraction of sp³-hybridized carbons (Fsp3) is 0.353. The van der Waals surface area contributed by atoms with Gasteiger partial charge >= 0.3 is 0 Å². The van der Waals surface area contributed by atoms with Crippen molar-refractivity contribution >= 4 is 34.0 Å². The van der Waals surface area contributed by atoms with Gasteiger partial charge in [-0.05, 0) is 55.9 Å². The van der Waals surface area contributed by atoms with E-state index in [-0.39, 0.29) is 11.8 Å². The molecule has 2 aliphatic rings. The van der Waals surface area contributed by atoms with Gasteiger partial charge in [-0.3, -0.25) is 14.9 Å². The second kappa shape index (κ2) is 5.77. The monoisotopic (exact) mass is 327 g/mol. The zero-order valence-corrected chi connectivity index (χ0v) is 13.5. The Hall–Kier alpha value is -2.21. The number of aryl methyl sites for hydroxylation is 3. The standard InChI is InChI=1S/C17H17N3O2S/c21-15-8-6-10-9-11(5-7-12(10)18-15)16(22)20-17-19-13-3-1-2-4-14(13)23-17/h5,7,9H,1-4,6,8H2,(H,18,21)(H,19,20,22). The predicted molar refractivity (Wildman–Crippen MR) is 90.1 cm³/mol. The van der Waals surface area contributed by atoms with E-state index >= 15 is 0 Å². The maximum absolute atomic E-state index is 12.4. The topological polar surface area (TPSA) is 71.1 Å². The highest BCUT2D eigenvalue weighted by Gasteiger charge is 2.19. The minimum atomic E-state index is -0.143. The molecule has 0 saturated carbocycles. The van der Waals surface area contributed by atoms with Crippen molar-refractivity contribution in [1.29, 1.82) is 0 Å². The second-order valence-corrected chi connectivity index (χ2v) is 7.05. The van der Waals surface area contributed by atoms with Crippen molar-refractivity contribution in [3.05, 3.63) is 39.9 Å². The van der Waals surface area contributed by atoms with Crippen LogP contribution < -0.4 is 10.6 Å². The van der Waals surface area contributed by atoms with Crippen molar-refractivity contribution in [1.82, 2.24) is 4.98 Å². The van der Waals surface area contributed by atoms with E-state index in [1.54, 1.807) is 23.5 Å². The third kappa shape index (κ3) is 2.86. The fourth-order valence-electron chi connectivity index (χ4n) is 3.10. The summed E-state index contributed by atoms with van der Waals surface area (Å²) in [4.78, 5) is 29.7. The Labute approximate surface area is 138 Å². The van der Waals surface area contributed by atoms with Gasteiger partial charge in [0, 0.05) is 22.5 Å². The highest BCUT2D eigenvalue weighted by Crippen LogP contribution is 2.30. The van der Waals surface area contributed by atoms with E-state index in [1.165, 1.54) is 17.7 Å². The molecule has 0 unspecified atom stereocenters. The Morgan fingerprint density at radius 1 is 1.17 bits per heavy atom. The first-order valence-electron chi connectivity index (χ1n) is 7.92. The van der Waals surface area contributed by atoms with E-state index in [2.05, 4.69) is 15.6 Å². The van der Waals surface area contributed by atoms with Crippen molar-refractivity contribution < 1.29 is 9.59 Å². The number of rotatable bonds is 2. The Morgan fingerprint density at radius 2 is 2.04 bits per heavy atom. The molecule has 1 aromatic carbocycles. The third-order valence-corrected chi connectivity index (χ3v) is 5.40. The van der Waals surface area contributed by atoms with Crippen LogP contribution in [0.5, 0.6) is 0 Å². The van der Waals surface area contributed by atoms with E-state index in [1.807, 2.05) is 6.07 Å². The van der Waals surface area contributed by atoms with E-state index in [4.69, 9.17) is 0 Å². The number of carbonyl (C=O) groups excluding carboxylic acids is 2. The van der Waals surface area contributed by atoms with Crippen LogP contribution in [0.4, 0.5) is 10.8 Å². The van der Waals surface area contributed by atoms with E-state index in [0.717, 1.165) is 29.8 Å². The zero-order valence-electron chi connectivity index (χ0n) is 12.6. The third-order valence-electron chi connectivity index (χ3n) is 4.33. The lowest BCUT2D eigenvalue weighted by molar-refractivity contribution is -0.116. The van der Waals surface area contributed by atoms with Crippen LogP contribution in [0.15, 0.2) is 18.2 Å². The summed E-state index contributed by atoms with van der Waals surface area (Å²) in [6.45, 7) is 0. The van der Waals surface area contributed by atoms with Crippen LogP contribution in [0.2, 0.25) is 0 Å². The van der Waals surface area contributed by atoms with E-state index in [0.29, 0.717) is 23.5 Å². The minimum Gasteiger partial charge on any atom is -0.326 e. The highest BCUT2D eigenvalue weighted by atomic mass is 32.1. The number of carbonyl (C=O) groups is 2. The molecule has 6 heteroatoms. The lowest BCUT2D eigenvalue weighted by Gasteiger charge is -2.17. The molecule has 0 bridgehead atoms. The van der Waals surface area contributed by atoms with Crippen molar-refractivity contribution in [3.63, 3.8) is 0 Å². The van der Waals surface area contributed by atoms with Gasteiger partial charge in [0.05, 0.1) is 5.69 Å². The Bertz CT molecular complexity index is 774. The van der Waals surface area contributed by atoms with Crippen molar-refractivity contribution in [2.75, 3.05) is 10.6 Å². The molecule has 5 nitrogen and oxygen atoms in total. The van der Waals surface area contributed by atoms with E-state index in [9.17, 15) is 9.59 Å². The van der Waals surface area contributed by atoms with Crippen molar-refractivity contribution in [3.8, 4) is 0 Å². The van der Waals surface area contributed by atoms with Gasteiger partial charge in [0.1, 0.15) is 0 Å². The summed E-state index contributed by atoms with van der Waals surface area (Å²) < 4.78 is 0. The van der Waals surface area contributed by atoms with Crippen LogP contribution in [0.25, 0.3) is 0 Å². The Kier molecular flexibility index (Phi) is 3.61. The van der Waals surface area contributed by atoms with Gasteiger partial charge in [0.15, 0.2) is 5.13 Å². The molecule has 4 rings (SSSR count). The summed E-state index contributed by atoms with van der Waals surface area (Å²) in [5, 5.41) is 6.43. The first-order valence-corrected chi connectivity index (χ1v) is 8.73. The van der Waals surface area contributed by atoms with Crippen LogP contribution in [0.3, 0.4) is 0 Å². The molecule has 0 atom stereocenters. The quantitative estimate of drug-likeness (QED) is 0.890. The van der Waals surface area contributed by atoms with Crippen LogP contribution >= 0.6 is 11.3 Å². The lowest BCUT2D eigenvalue weighted by Crippen LogP contribution is -2.20. The number of amides is 2. The largest absolute Gasteiger partial charge is 0.326 e. The second-order valence-electron chi connectivity index (χ2n) is 5.97. The first kappa shape index (κ1) is 14.4. The average molecular weight is 327 g/mol. The van der Waals surface area contributed by atoms with Gasteiger partial charge in [0.2, 0.25) is 5.91 Å². The normalized spacial score (nSPS) is 16.3. The van der Waals surface area contributed by atoms with Gasteiger partial charge < -0.3 is 5.32 Å². The number of nitrogens with zero attached hydrogens (tertiary/aromatic N) is 1. The number of thiazole rings is 1. The van der Waals surface area contributed by atoms with Gasteiger partial charge in [-0.1, -0.05) is 0 Å². The predicted octanol–water partition coefficient (Wildman–Crippen LogP) is 3.16. The molecule has 1 aromatic heterocycles. The molecule has 0 spiro atoms. The number of aromatic nitrogens is 1. The molecule has 0 saturated heterocycles. The molecule has 1 aliphatic heterocycles. The van der Waals surface area contributed by atoms with Crippen LogP contribution in [-0.2, 0) is 24.1 Å². The molecule has 2 aromatic rings. The number of nitrogens with one attached hydrogen (secondary N) is 2. The van der Waals surface area contributed by atoms with Crippen molar-refractivity contribution in [2.24, 2.45) is 0 Å². The number of hydrogen-bond donors (Lipinski definition) is 2. The molecular weight excluding hydrogens is 310 g/mol. The average Bonchev–Trinajstić information content (AvgIpc) is 2.96. The summed E-state index contributed by atoms with van der Waals surface area (Å²) in [5.41, 5.74) is 3.57. The highest BCUT2D eigenvalue weighted by molar-refractivity contribution is 7.15. The Morgan fingerprint density at radius 3 is 2.91 bits per heavy atom. The van der Waals surface area contributed by atoms with E-state index < -0.39 is 0 Å². The fourth-order valence-corrected chi connectivity index (χ4v) is 4.14. The maximum Gasteiger partial charge on any atom is 0.257 e. The number of benzene rings is 1. The lowest BCUT2D eigenvalue weighted by atomic mass is 10.0.